The fourth-order valence-corrected chi connectivity index (χ4v) is 0.403. The monoisotopic (exact) mass is 118 g/mol. The first-order chi connectivity index (χ1) is 3.55. The van der Waals surface area contributed by atoms with E-state index in [1.807, 2.05) is 6.92 Å². The van der Waals surface area contributed by atoms with Crippen molar-refractivity contribution in [3.8, 4) is 0 Å². The van der Waals surface area contributed by atoms with E-state index < -0.39 is 12.2 Å². The Kier molecular flexibility index (Phi) is 3.02. The number of aliphatic hydroxyl groups excluding tert-OH is 2. The molecule has 0 fully saturated rings. The van der Waals surface area contributed by atoms with Crippen LogP contribution in [0.5, 0.6) is 0 Å². The lowest BCUT2D eigenvalue weighted by molar-refractivity contribution is 0.0420. The number of aliphatic hydroxyl groups is 2. The summed E-state index contributed by atoms with van der Waals surface area (Å²) >= 11 is 0. The van der Waals surface area contributed by atoms with Gasteiger partial charge in [0.05, 0.1) is 12.2 Å². The molecule has 3 atom stereocenters. The predicted octanol–water partition coefficient (Wildman–Crippen LogP) is 0.384. The van der Waals surface area contributed by atoms with E-state index in [9.17, 15) is 0 Å². The third-order valence-corrected chi connectivity index (χ3v) is 1.52. The summed E-state index contributed by atoms with van der Waals surface area (Å²) in [5.41, 5.74) is 0. The van der Waals surface area contributed by atoms with Crippen molar-refractivity contribution in [3.63, 3.8) is 0 Å². The van der Waals surface area contributed by atoms with Crippen LogP contribution in [0, 0.1) is 5.92 Å². The fraction of sp³-hybridized carbons (Fsp3) is 1.00. The Labute approximate surface area is 50.2 Å². The molecular weight excluding hydrogens is 104 g/mol. The molecule has 2 heteroatoms. The van der Waals surface area contributed by atoms with Gasteiger partial charge in [-0.2, -0.15) is 0 Å². The van der Waals surface area contributed by atoms with Crippen LogP contribution < -0.4 is 0 Å². The van der Waals surface area contributed by atoms with Crippen molar-refractivity contribution in [2.24, 2.45) is 5.92 Å². The van der Waals surface area contributed by atoms with Crippen LogP contribution in [-0.2, 0) is 0 Å². The van der Waals surface area contributed by atoms with Crippen LogP contribution >= 0.6 is 0 Å². The molecule has 0 heterocycles. The molecule has 0 aliphatic rings. The molecule has 0 saturated heterocycles. The first-order valence-electron chi connectivity index (χ1n) is 2.92. The molecule has 2 N–H and O–H groups in total. The van der Waals surface area contributed by atoms with Crippen molar-refractivity contribution >= 4 is 0 Å². The van der Waals surface area contributed by atoms with Crippen LogP contribution in [0.3, 0.4) is 0 Å². The van der Waals surface area contributed by atoms with Gasteiger partial charge in [0.1, 0.15) is 0 Å². The molecule has 0 saturated carbocycles. The Bertz CT molecular complexity index is 51.5. The van der Waals surface area contributed by atoms with Gasteiger partial charge >= 0.3 is 0 Å². The summed E-state index contributed by atoms with van der Waals surface area (Å²) in [4.78, 5) is 0. The Morgan fingerprint density at radius 1 is 0.875 bits per heavy atom. The zero-order chi connectivity index (χ0) is 6.73. The van der Waals surface area contributed by atoms with Crippen molar-refractivity contribution < 1.29 is 10.2 Å². The van der Waals surface area contributed by atoms with Crippen LogP contribution in [0.15, 0.2) is 0 Å². The van der Waals surface area contributed by atoms with E-state index in [1.54, 1.807) is 13.8 Å². The Morgan fingerprint density at radius 2 is 1.12 bits per heavy atom. The number of hydrogen-bond donors (Lipinski definition) is 2. The van der Waals surface area contributed by atoms with Gasteiger partial charge in [0.15, 0.2) is 0 Å². The van der Waals surface area contributed by atoms with Crippen molar-refractivity contribution in [3.05, 3.63) is 0 Å². The van der Waals surface area contributed by atoms with Gasteiger partial charge in [-0.3, -0.25) is 0 Å². The van der Waals surface area contributed by atoms with Gasteiger partial charge < -0.3 is 10.2 Å². The fourth-order valence-electron chi connectivity index (χ4n) is 0.403. The van der Waals surface area contributed by atoms with Gasteiger partial charge in [0, 0.05) is 5.92 Å². The van der Waals surface area contributed by atoms with Crippen molar-refractivity contribution in [2.75, 3.05) is 0 Å². The molecule has 0 spiro atoms. The van der Waals surface area contributed by atoms with Gasteiger partial charge in [-0.15, -0.1) is 0 Å². The summed E-state index contributed by atoms with van der Waals surface area (Å²) in [6.07, 6.45) is -0.815. The molecule has 1 unspecified atom stereocenters. The highest BCUT2D eigenvalue weighted by Crippen LogP contribution is 2.06. The van der Waals surface area contributed by atoms with E-state index in [4.69, 9.17) is 10.2 Å². The van der Waals surface area contributed by atoms with E-state index in [2.05, 4.69) is 0 Å². The van der Waals surface area contributed by atoms with Crippen LogP contribution in [-0.4, -0.2) is 22.4 Å². The molecule has 0 aromatic heterocycles. The molecule has 0 aromatic carbocycles. The van der Waals surface area contributed by atoms with Crippen molar-refractivity contribution in [1.29, 1.82) is 0 Å². The van der Waals surface area contributed by atoms with Crippen molar-refractivity contribution in [2.45, 2.75) is 33.0 Å². The Balaban J connectivity index is 3.46. The van der Waals surface area contributed by atoms with E-state index in [0.29, 0.717) is 0 Å². The molecule has 50 valence electrons. The normalized spacial score (nSPS) is 22.1. The molecule has 0 aromatic rings. The van der Waals surface area contributed by atoms with Crippen LogP contribution in [0.25, 0.3) is 0 Å². The highest BCUT2D eigenvalue weighted by Gasteiger charge is 2.13. The van der Waals surface area contributed by atoms with Gasteiger partial charge in [0.25, 0.3) is 0 Å². The molecule has 2 nitrogen and oxygen atoms in total. The van der Waals surface area contributed by atoms with E-state index in [-0.39, 0.29) is 5.92 Å². The smallest absolute Gasteiger partial charge is 0.0562 e. The molecule has 0 aliphatic heterocycles. The molecule has 8 heavy (non-hydrogen) atoms. The largest absolute Gasteiger partial charge is 0.393 e. The van der Waals surface area contributed by atoms with E-state index in [0.717, 1.165) is 0 Å². The molecular formula is C6H14O2. The van der Waals surface area contributed by atoms with Crippen molar-refractivity contribution in [1.82, 2.24) is 0 Å². The van der Waals surface area contributed by atoms with Gasteiger partial charge in [-0.1, -0.05) is 6.92 Å². The number of hydrogen-bond acceptors (Lipinski definition) is 2. The standard InChI is InChI=1S/C6H14O2/c1-4(5(2)7)6(3)8/h4-8H,1-3H3/t4?,5-,6+. The molecule has 0 bridgehead atoms. The minimum atomic E-state index is -0.407. The summed E-state index contributed by atoms with van der Waals surface area (Å²) in [7, 11) is 0. The minimum absolute atomic E-state index is 0.0185. The molecule has 0 rings (SSSR count). The average Bonchev–Trinajstić information content (AvgIpc) is 1.64. The predicted molar refractivity (Wildman–Crippen MR) is 32.5 cm³/mol. The van der Waals surface area contributed by atoms with Gasteiger partial charge in [0.2, 0.25) is 0 Å². The summed E-state index contributed by atoms with van der Waals surface area (Å²) in [6, 6.07) is 0. The summed E-state index contributed by atoms with van der Waals surface area (Å²) < 4.78 is 0. The van der Waals surface area contributed by atoms with Crippen LogP contribution in [0.2, 0.25) is 0 Å². The third kappa shape index (κ3) is 2.28. The highest BCUT2D eigenvalue weighted by molar-refractivity contribution is 4.63. The molecule has 0 amide bonds. The number of rotatable bonds is 2. The zero-order valence-electron chi connectivity index (χ0n) is 5.63. The second kappa shape index (κ2) is 3.05. The minimum Gasteiger partial charge on any atom is -0.393 e. The van der Waals surface area contributed by atoms with Gasteiger partial charge in [-0.25, -0.2) is 0 Å². The van der Waals surface area contributed by atoms with Crippen LogP contribution in [0.1, 0.15) is 20.8 Å². The second-order valence-electron chi connectivity index (χ2n) is 2.34. The van der Waals surface area contributed by atoms with E-state index >= 15 is 0 Å². The van der Waals surface area contributed by atoms with Gasteiger partial charge in [-0.05, 0) is 13.8 Å². The molecule has 0 aliphatic carbocycles. The zero-order valence-corrected chi connectivity index (χ0v) is 5.63. The Hall–Kier alpha value is -0.0800. The maximum atomic E-state index is 8.83. The lowest BCUT2D eigenvalue weighted by Gasteiger charge is -2.16. The maximum Gasteiger partial charge on any atom is 0.0562 e. The average molecular weight is 118 g/mol. The first kappa shape index (κ1) is 7.92. The summed E-state index contributed by atoms with van der Waals surface area (Å²) in [6.45, 7) is 5.17. The summed E-state index contributed by atoms with van der Waals surface area (Å²) in [5.74, 6) is -0.0185. The highest BCUT2D eigenvalue weighted by atomic mass is 16.3. The lowest BCUT2D eigenvalue weighted by atomic mass is 10.0. The maximum absolute atomic E-state index is 8.83. The second-order valence-corrected chi connectivity index (χ2v) is 2.34. The first-order valence-corrected chi connectivity index (χ1v) is 2.92. The van der Waals surface area contributed by atoms with E-state index in [1.165, 1.54) is 0 Å². The molecule has 0 radical (unpaired) electrons. The van der Waals surface area contributed by atoms with Crippen LogP contribution in [0.4, 0.5) is 0 Å². The Morgan fingerprint density at radius 3 is 1.12 bits per heavy atom. The lowest BCUT2D eigenvalue weighted by Crippen LogP contribution is -2.24. The topological polar surface area (TPSA) is 40.5 Å². The SMILES string of the molecule is CC([C@H](C)O)[C@@H](C)O. The third-order valence-electron chi connectivity index (χ3n) is 1.52. The summed E-state index contributed by atoms with van der Waals surface area (Å²) in [5, 5.41) is 17.7. The quantitative estimate of drug-likeness (QED) is 0.550.